The first kappa shape index (κ1) is 17.9. The van der Waals surface area contributed by atoms with Gasteiger partial charge in [0.1, 0.15) is 5.60 Å². The fraction of sp³-hybridized carbons (Fsp3) is 0.941. The average molecular weight is 329 g/mol. The van der Waals surface area contributed by atoms with Gasteiger partial charge in [-0.1, -0.05) is 6.92 Å². The summed E-state index contributed by atoms with van der Waals surface area (Å²) in [6.45, 7) is 11.1. The van der Waals surface area contributed by atoms with Gasteiger partial charge in [0.25, 0.3) is 0 Å². The number of rotatable bonds is 2. The highest BCUT2D eigenvalue weighted by Gasteiger charge is 2.35. The third-order valence-corrected chi connectivity index (χ3v) is 6.03. The first-order chi connectivity index (χ1) is 10.3. The van der Waals surface area contributed by atoms with E-state index in [2.05, 4.69) is 30.9 Å². The molecule has 4 atom stereocenters. The molecule has 0 radical (unpaired) electrons. The largest absolute Gasteiger partial charge is 0.444 e. The molecule has 4 unspecified atom stereocenters. The second-order valence-electron chi connectivity index (χ2n) is 7.65. The molecule has 2 saturated heterocycles. The Hall–Kier alpha value is -0.420. The van der Waals surface area contributed by atoms with Crippen LogP contribution >= 0.6 is 11.8 Å². The molecule has 0 aromatic carbocycles. The van der Waals surface area contributed by atoms with Crippen LogP contribution in [0.5, 0.6) is 0 Å². The lowest BCUT2D eigenvalue weighted by Crippen LogP contribution is -2.58. The SMILES string of the molecule is CC1SCCCC1NC1CCCN(C(=O)OC(C)(C)C)C1C. The number of hydrogen-bond acceptors (Lipinski definition) is 4. The van der Waals surface area contributed by atoms with Crippen LogP contribution in [0.4, 0.5) is 4.79 Å². The minimum absolute atomic E-state index is 0.169. The van der Waals surface area contributed by atoms with Gasteiger partial charge in [-0.2, -0.15) is 11.8 Å². The summed E-state index contributed by atoms with van der Waals surface area (Å²) in [4.78, 5) is 14.3. The van der Waals surface area contributed by atoms with E-state index in [0.717, 1.165) is 19.4 Å². The molecule has 4 nitrogen and oxygen atoms in total. The first-order valence-electron chi connectivity index (χ1n) is 8.65. The predicted molar refractivity (Wildman–Crippen MR) is 93.5 cm³/mol. The van der Waals surface area contributed by atoms with Crippen molar-refractivity contribution in [2.24, 2.45) is 0 Å². The number of carbonyl (C=O) groups is 1. The van der Waals surface area contributed by atoms with Crippen molar-refractivity contribution >= 4 is 17.9 Å². The molecule has 0 aromatic heterocycles. The fourth-order valence-corrected chi connectivity index (χ4v) is 4.51. The van der Waals surface area contributed by atoms with Crippen molar-refractivity contribution in [3.8, 4) is 0 Å². The molecule has 2 aliphatic rings. The van der Waals surface area contributed by atoms with Gasteiger partial charge >= 0.3 is 6.09 Å². The van der Waals surface area contributed by atoms with Gasteiger partial charge in [-0.05, 0) is 59.1 Å². The van der Waals surface area contributed by atoms with Crippen molar-refractivity contribution in [2.45, 2.75) is 89.3 Å². The van der Waals surface area contributed by atoms with E-state index < -0.39 is 5.60 Å². The molecule has 22 heavy (non-hydrogen) atoms. The third-order valence-electron chi connectivity index (χ3n) is 4.65. The summed E-state index contributed by atoms with van der Waals surface area (Å²) in [5, 5.41) is 4.50. The van der Waals surface area contributed by atoms with Crippen LogP contribution in [0.15, 0.2) is 0 Å². The monoisotopic (exact) mass is 328 g/mol. The van der Waals surface area contributed by atoms with Crippen molar-refractivity contribution in [3.05, 3.63) is 0 Å². The topological polar surface area (TPSA) is 41.6 Å². The van der Waals surface area contributed by atoms with Crippen LogP contribution < -0.4 is 5.32 Å². The zero-order valence-electron chi connectivity index (χ0n) is 14.7. The normalized spacial score (nSPS) is 33.6. The van der Waals surface area contributed by atoms with Crippen LogP contribution in [0.3, 0.4) is 0 Å². The van der Waals surface area contributed by atoms with Crippen LogP contribution in [0.25, 0.3) is 0 Å². The summed E-state index contributed by atoms with van der Waals surface area (Å²) in [6.07, 6.45) is 4.58. The summed E-state index contributed by atoms with van der Waals surface area (Å²) < 4.78 is 5.56. The van der Waals surface area contributed by atoms with E-state index in [1.54, 1.807) is 0 Å². The number of hydrogen-bond donors (Lipinski definition) is 1. The zero-order valence-corrected chi connectivity index (χ0v) is 15.5. The van der Waals surface area contributed by atoms with Gasteiger partial charge in [-0.25, -0.2) is 4.79 Å². The molecule has 0 aliphatic carbocycles. The Bertz CT molecular complexity index is 383. The minimum atomic E-state index is -0.425. The number of carbonyl (C=O) groups excluding carboxylic acids is 1. The van der Waals surface area contributed by atoms with Gasteiger partial charge in [-0.3, -0.25) is 0 Å². The standard InChI is InChI=1S/C17H32N2O2S/c1-12-14(18-15-9-7-11-22-13(15)2)8-6-10-19(12)16(20)21-17(3,4)5/h12-15,18H,6-11H2,1-5H3. The Morgan fingerprint density at radius 2 is 1.86 bits per heavy atom. The molecule has 2 rings (SSSR count). The van der Waals surface area contributed by atoms with Crippen LogP contribution in [-0.2, 0) is 4.74 Å². The van der Waals surface area contributed by atoms with Crippen LogP contribution in [0.1, 0.15) is 60.3 Å². The number of likely N-dealkylation sites (tertiary alicyclic amines) is 1. The highest BCUT2D eigenvalue weighted by atomic mass is 32.2. The molecule has 2 heterocycles. The molecular formula is C17H32N2O2S. The Morgan fingerprint density at radius 3 is 2.50 bits per heavy atom. The lowest BCUT2D eigenvalue weighted by molar-refractivity contribution is 0.00623. The van der Waals surface area contributed by atoms with E-state index in [1.165, 1.54) is 18.6 Å². The van der Waals surface area contributed by atoms with E-state index in [0.29, 0.717) is 17.3 Å². The number of nitrogens with one attached hydrogen (secondary N) is 1. The maximum Gasteiger partial charge on any atom is 0.410 e. The minimum Gasteiger partial charge on any atom is -0.444 e. The Kier molecular flexibility index (Phi) is 6.06. The highest BCUT2D eigenvalue weighted by Crippen LogP contribution is 2.28. The Labute approximate surface area is 139 Å². The van der Waals surface area contributed by atoms with Gasteiger partial charge in [-0.15, -0.1) is 0 Å². The van der Waals surface area contributed by atoms with Crippen molar-refractivity contribution in [1.29, 1.82) is 0 Å². The summed E-state index contributed by atoms with van der Waals surface area (Å²) in [5.41, 5.74) is -0.425. The summed E-state index contributed by atoms with van der Waals surface area (Å²) in [7, 11) is 0. The molecule has 0 aromatic rings. The molecule has 0 bridgehead atoms. The van der Waals surface area contributed by atoms with Crippen LogP contribution in [-0.4, -0.2) is 52.3 Å². The molecular weight excluding hydrogens is 296 g/mol. The summed E-state index contributed by atoms with van der Waals surface area (Å²) >= 11 is 2.06. The van der Waals surface area contributed by atoms with E-state index in [4.69, 9.17) is 4.74 Å². The van der Waals surface area contributed by atoms with E-state index in [-0.39, 0.29) is 12.1 Å². The van der Waals surface area contributed by atoms with E-state index >= 15 is 0 Å². The summed E-state index contributed by atoms with van der Waals surface area (Å²) in [6, 6.07) is 1.15. The van der Waals surface area contributed by atoms with Crippen LogP contribution in [0.2, 0.25) is 0 Å². The number of nitrogens with zero attached hydrogens (tertiary/aromatic N) is 1. The average Bonchev–Trinajstić information content (AvgIpc) is 2.41. The highest BCUT2D eigenvalue weighted by molar-refractivity contribution is 7.99. The third kappa shape index (κ3) is 4.79. The molecule has 1 N–H and O–H groups in total. The molecule has 1 amide bonds. The van der Waals surface area contributed by atoms with E-state index in [9.17, 15) is 4.79 Å². The quantitative estimate of drug-likeness (QED) is 0.840. The van der Waals surface area contributed by atoms with E-state index in [1.807, 2.05) is 25.7 Å². The number of piperidine rings is 1. The lowest BCUT2D eigenvalue weighted by Gasteiger charge is -2.43. The lowest BCUT2D eigenvalue weighted by atomic mass is 9.95. The van der Waals surface area contributed by atoms with Crippen molar-refractivity contribution in [3.63, 3.8) is 0 Å². The maximum absolute atomic E-state index is 12.4. The first-order valence-corrected chi connectivity index (χ1v) is 9.70. The molecule has 2 aliphatic heterocycles. The van der Waals surface area contributed by atoms with Crippen molar-refractivity contribution < 1.29 is 9.53 Å². The predicted octanol–water partition coefficient (Wildman–Crippen LogP) is 3.65. The fourth-order valence-electron chi connectivity index (χ4n) is 3.36. The number of ether oxygens (including phenoxy) is 1. The molecule has 128 valence electrons. The van der Waals surface area contributed by atoms with Gasteiger partial charge in [0.05, 0.1) is 0 Å². The van der Waals surface area contributed by atoms with Crippen molar-refractivity contribution in [2.75, 3.05) is 12.3 Å². The molecule has 0 spiro atoms. The van der Waals surface area contributed by atoms with Gasteiger partial charge in [0.15, 0.2) is 0 Å². The van der Waals surface area contributed by atoms with Gasteiger partial charge < -0.3 is 15.0 Å². The maximum atomic E-state index is 12.4. The molecule has 5 heteroatoms. The molecule has 0 saturated carbocycles. The Morgan fingerprint density at radius 1 is 1.18 bits per heavy atom. The second-order valence-corrected chi connectivity index (χ2v) is 9.14. The number of thioether (sulfide) groups is 1. The zero-order chi connectivity index (χ0) is 16.3. The van der Waals surface area contributed by atoms with Gasteiger partial charge in [0.2, 0.25) is 0 Å². The van der Waals surface area contributed by atoms with Gasteiger partial charge in [0, 0.05) is 29.9 Å². The summed E-state index contributed by atoms with van der Waals surface area (Å²) in [5.74, 6) is 1.28. The molecule has 2 fully saturated rings. The smallest absolute Gasteiger partial charge is 0.410 e. The van der Waals surface area contributed by atoms with Crippen LogP contribution in [0, 0.1) is 0 Å². The number of amides is 1. The van der Waals surface area contributed by atoms with Crippen molar-refractivity contribution in [1.82, 2.24) is 10.2 Å². The second kappa shape index (κ2) is 7.43. The Balaban J connectivity index is 1.94.